The fourth-order valence-corrected chi connectivity index (χ4v) is 2.42. The van der Waals surface area contributed by atoms with E-state index in [0.717, 1.165) is 24.3 Å². The Morgan fingerprint density at radius 1 is 1.05 bits per heavy atom. The van der Waals surface area contributed by atoms with Crippen LogP contribution in [-0.2, 0) is 4.74 Å². The summed E-state index contributed by atoms with van der Waals surface area (Å²) < 4.78 is 5.01. The number of amides is 1. The van der Waals surface area contributed by atoms with Gasteiger partial charge in [0.15, 0.2) is 5.78 Å². The largest absolute Gasteiger partial charge is 0.450 e. The van der Waals surface area contributed by atoms with Gasteiger partial charge in [0.2, 0.25) is 0 Å². The van der Waals surface area contributed by atoms with Crippen molar-refractivity contribution >= 4 is 17.6 Å². The van der Waals surface area contributed by atoms with Crippen LogP contribution in [0.4, 0.5) is 10.5 Å². The van der Waals surface area contributed by atoms with Crippen LogP contribution < -0.4 is 4.90 Å². The summed E-state index contributed by atoms with van der Waals surface area (Å²) in [5.74, 6) is 0.161. The van der Waals surface area contributed by atoms with Gasteiger partial charge in [-0.15, -0.1) is 0 Å². The van der Waals surface area contributed by atoms with Gasteiger partial charge in [-0.3, -0.25) is 4.79 Å². The fourth-order valence-electron chi connectivity index (χ4n) is 2.42. The molecule has 1 aliphatic heterocycles. The summed E-state index contributed by atoms with van der Waals surface area (Å²) in [5.41, 5.74) is 1.84. The third-order valence-electron chi connectivity index (χ3n) is 3.68. The lowest BCUT2D eigenvalue weighted by Gasteiger charge is -2.35. The number of rotatable bonds is 4. The van der Waals surface area contributed by atoms with Crippen LogP contribution in [0.5, 0.6) is 0 Å². The number of piperazine rings is 1. The highest BCUT2D eigenvalue weighted by atomic mass is 16.6. The van der Waals surface area contributed by atoms with E-state index >= 15 is 0 Å². The molecule has 5 heteroatoms. The molecule has 1 aliphatic rings. The number of benzene rings is 1. The normalized spacial score (nSPS) is 15.0. The smallest absolute Gasteiger partial charge is 0.409 e. The lowest BCUT2D eigenvalue weighted by Crippen LogP contribution is -2.49. The number of hydrogen-bond donors (Lipinski definition) is 0. The molecule has 1 saturated heterocycles. The zero-order valence-electron chi connectivity index (χ0n) is 12.7. The van der Waals surface area contributed by atoms with Crippen LogP contribution in [0.1, 0.15) is 30.6 Å². The molecule has 0 radical (unpaired) electrons. The summed E-state index contributed by atoms with van der Waals surface area (Å²) >= 11 is 0. The van der Waals surface area contributed by atoms with Gasteiger partial charge in [-0.2, -0.15) is 0 Å². The number of nitrogens with zero attached hydrogens (tertiary/aromatic N) is 2. The van der Waals surface area contributed by atoms with Gasteiger partial charge in [0.25, 0.3) is 0 Å². The Morgan fingerprint density at radius 3 is 2.19 bits per heavy atom. The number of ether oxygens (including phenoxy) is 1. The number of carbonyl (C=O) groups is 2. The van der Waals surface area contributed by atoms with E-state index < -0.39 is 0 Å². The molecule has 5 nitrogen and oxygen atoms in total. The quantitative estimate of drug-likeness (QED) is 0.800. The Kier molecular flexibility index (Phi) is 5.20. The van der Waals surface area contributed by atoms with Crippen molar-refractivity contribution in [3.8, 4) is 0 Å². The van der Waals surface area contributed by atoms with E-state index in [0.29, 0.717) is 26.1 Å². The Labute approximate surface area is 125 Å². The first-order valence-electron chi connectivity index (χ1n) is 7.45. The van der Waals surface area contributed by atoms with Crippen molar-refractivity contribution in [2.24, 2.45) is 0 Å². The molecule has 21 heavy (non-hydrogen) atoms. The minimum Gasteiger partial charge on any atom is -0.450 e. The van der Waals surface area contributed by atoms with Crippen LogP contribution >= 0.6 is 0 Å². The van der Waals surface area contributed by atoms with Crippen LogP contribution in [0, 0.1) is 0 Å². The van der Waals surface area contributed by atoms with Crippen molar-refractivity contribution in [1.29, 1.82) is 0 Å². The van der Waals surface area contributed by atoms with E-state index in [1.54, 1.807) is 4.90 Å². The molecule has 1 aromatic carbocycles. The zero-order chi connectivity index (χ0) is 15.2. The summed E-state index contributed by atoms with van der Waals surface area (Å²) in [6.45, 7) is 6.97. The summed E-state index contributed by atoms with van der Waals surface area (Å²) in [7, 11) is 0. The highest BCUT2D eigenvalue weighted by Crippen LogP contribution is 2.18. The highest BCUT2D eigenvalue weighted by molar-refractivity contribution is 5.96. The predicted octanol–water partition coefficient (Wildman–Crippen LogP) is 2.56. The van der Waals surface area contributed by atoms with Crippen molar-refractivity contribution < 1.29 is 14.3 Å². The SMILES string of the molecule is CCOC(=O)N1CCN(c2ccc(C(=O)CC)cc2)CC1. The predicted molar refractivity (Wildman–Crippen MR) is 81.9 cm³/mol. The first kappa shape index (κ1) is 15.4. The standard InChI is InChI=1S/C16H22N2O3/c1-3-15(19)13-5-7-14(8-6-13)17-9-11-18(12-10-17)16(20)21-4-2/h5-8H,3-4,9-12H2,1-2H3. The first-order valence-corrected chi connectivity index (χ1v) is 7.45. The molecule has 0 aromatic heterocycles. The monoisotopic (exact) mass is 290 g/mol. The summed E-state index contributed by atoms with van der Waals surface area (Å²) in [4.78, 5) is 27.2. The van der Waals surface area contributed by atoms with Crippen LogP contribution in [-0.4, -0.2) is 49.6 Å². The van der Waals surface area contributed by atoms with E-state index in [1.165, 1.54) is 0 Å². The second-order valence-corrected chi connectivity index (χ2v) is 5.00. The first-order chi connectivity index (χ1) is 10.2. The molecule has 0 spiro atoms. The number of anilines is 1. The van der Waals surface area contributed by atoms with Crippen molar-refractivity contribution in [3.63, 3.8) is 0 Å². The lowest BCUT2D eigenvalue weighted by molar-refractivity contribution is 0.0987. The zero-order valence-corrected chi connectivity index (χ0v) is 12.7. The minimum atomic E-state index is -0.235. The van der Waals surface area contributed by atoms with Crippen LogP contribution in [0.15, 0.2) is 24.3 Å². The third-order valence-corrected chi connectivity index (χ3v) is 3.68. The average molecular weight is 290 g/mol. The molecule has 1 fully saturated rings. The molecule has 0 N–H and O–H groups in total. The average Bonchev–Trinajstić information content (AvgIpc) is 2.54. The lowest BCUT2D eigenvalue weighted by atomic mass is 10.1. The Morgan fingerprint density at radius 2 is 1.67 bits per heavy atom. The van der Waals surface area contributed by atoms with Gasteiger partial charge in [0.05, 0.1) is 6.61 Å². The van der Waals surface area contributed by atoms with Gasteiger partial charge in [0.1, 0.15) is 0 Å². The second-order valence-electron chi connectivity index (χ2n) is 5.00. The molecule has 0 bridgehead atoms. The number of hydrogen-bond acceptors (Lipinski definition) is 4. The summed E-state index contributed by atoms with van der Waals surface area (Å²) in [5, 5.41) is 0. The number of ketones is 1. The van der Waals surface area contributed by atoms with Gasteiger partial charge in [0, 0.05) is 43.9 Å². The maximum Gasteiger partial charge on any atom is 0.409 e. The molecule has 114 valence electrons. The Bertz CT molecular complexity index is 491. The molecule has 2 rings (SSSR count). The van der Waals surface area contributed by atoms with Crippen molar-refractivity contribution in [2.45, 2.75) is 20.3 Å². The second kappa shape index (κ2) is 7.11. The molecule has 0 unspecified atom stereocenters. The number of carbonyl (C=O) groups excluding carboxylic acids is 2. The van der Waals surface area contributed by atoms with Gasteiger partial charge >= 0.3 is 6.09 Å². The van der Waals surface area contributed by atoms with E-state index in [1.807, 2.05) is 38.1 Å². The van der Waals surface area contributed by atoms with Crippen molar-refractivity contribution in [2.75, 3.05) is 37.7 Å². The van der Waals surface area contributed by atoms with Gasteiger partial charge < -0.3 is 14.5 Å². The number of Topliss-reactive ketones (excluding diaryl/α,β-unsaturated/α-hetero) is 1. The van der Waals surface area contributed by atoms with Crippen LogP contribution in [0.25, 0.3) is 0 Å². The molecule has 1 heterocycles. The van der Waals surface area contributed by atoms with Crippen LogP contribution in [0.2, 0.25) is 0 Å². The minimum absolute atomic E-state index is 0.161. The van der Waals surface area contributed by atoms with E-state index in [2.05, 4.69) is 4.90 Å². The van der Waals surface area contributed by atoms with Gasteiger partial charge in [-0.25, -0.2) is 4.79 Å². The Balaban J connectivity index is 1.93. The van der Waals surface area contributed by atoms with Crippen LogP contribution in [0.3, 0.4) is 0 Å². The molecule has 0 aliphatic carbocycles. The van der Waals surface area contributed by atoms with E-state index in [9.17, 15) is 9.59 Å². The molecular weight excluding hydrogens is 268 g/mol. The van der Waals surface area contributed by atoms with E-state index in [4.69, 9.17) is 4.74 Å². The maximum absolute atomic E-state index is 11.6. The van der Waals surface area contributed by atoms with Crippen molar-refractivity contribution in [1.82, 2.24) is 4.90 Å². The van der Waals surface area contributed by atoms with E-state index in [-0.39, 0.29) is 11.9 Å². The molecule has 0 atom stereocenters. The summed E-state index contributed by atoms with van der Waals surface area (Å²) in [6.07, 6.45) is 0.290. The molecule has 0 saturated carbocycles. The Hall–Kier alpha value is -2.04. The van der Waals surface area contributed by atoms with Crippen molar-refractivity contribution in [3.05, 3.63) is 29.8 Å². The molecular formula is C16H22N2O3. The highest BCUT2D eigenvalue weighted by Gasteiger charge is 2.22. The topological polar surface area (TPSA) is 49.9 Å². The summed E-state index contributed by atoms with van der Waals surface area (Å²) in [6, 6.07) is 7.70. The third kappa shape index (κ3) is 3.74. The molecule has 1 aromatic rings. The molecule has 1 amide bonds. The fraction of sp³-hybridized carbons (Fsp3) is 0.500. The van der Waals surface area contributed by atoms with Gasteiger partial charge in [-0.05, 0) is 31.2 Å². The van der Waals surface area contributed by atoms with Gasteiger partial charge in [-0.1, -0.05) is 6.92 Å². The maximum atomic E-state index is 11.6.